The van der Waals surface area contributed by atoms with Gasteiger partial charge in [-0.1, -0.05) is 24.3 Å². The molecular weight excluding hydrogens is 226 g/mol. The average Bonchev–Trinajstić information content (AvgIpc) is 2.40. The number of esters is 1. The SMILES string of the molecule is CCOC(=O)/C(C#N)=C1/CCc2ccccc2C1. The molecule has 0 saturated carbocycles. The van der Waals surface area contributed by atoms with E-state index < -0.39 is 5.97 Å². The Hall–Kier alpha value is -2.08. The van der Waals surface area contributed by atoms with Gasteiger partial charge in [-0.05, 0) is 42.9 Å². The molecule has 0 amide bonds. The van der Waals surface area contributed by atoms with Crippen LogP contribution in [0.25, 0.3) is 0 Å². The van der Waals surface area contributed by atoms with Crippen molar-refractivity contribution >= 4 is 5.97 Å². The topological polar surface area (TPSA) is 50.1 Å². The normalized spacial score (nSPS) is 16.4. The van der Waals surface area contributed by atoms with Crippen LogP contribution < -0.4 is 0 Å². The van der Waals surface area contributed by atoms with Gasteiger partial charge in [-0.3, -0.25) is 0 Å². The first-order valence-corrected chi connectivity index (χ1v) is 6.12. The fourth-order valence-corrected chi connectivity index (χ4v) is 2.26. The Morgan fingerprint density at radius 2 is 2.06 bits per heavy atom. The van der Waals surface area contributed by atoms with Gasteiger partial charge in [0.2, 0.25) is 0 Å². The van der Waals surface area contributed by atoms with E-state index >= 15 is 0 Å². The van der Waals surface area contributed by atoms with Gasteiger partial charge in [0.1, 0.15) is 11.6 Å². The summed E-state index contributed by atoms with van der Waals surface area (Å²) in [6.07, 6.45) is 2.33. The zero-order chi connectivity index (χ0) is 13.0. The number of allylic oxidation sites excluding steroid dienone is 1. The lowest BCUT2D eigenvalue weighted by Crippen LogP contribution is -2.14. The van der Waals surface area contributed by atoms with Gasteiger partial charge < -0.3 is 4.74 Å². The van der Waals surface area contributed by atoms with Gasteiger partial charge in [0.15, 0.2) is 0 Å². The Bertz CT molecular complexity index is 538. The lowest BCUT2D eigenvalue weighted by atomic mass is 9.86. The Morgan fingerprint density at radius 3 is 2.72 bits per heavy atom. The van der Waals surface area contributed by atoms with Crippen molar-refractivity contribution in [1.82, 2.24) is 0 Å². The number of fused-ring (bicyclic) bond motifs is 1. The molecule has 0 atom stereocenters. The van der Waals surface area contributed by atoms with Crippen molar-refractivity contribution in [3.05, 3.63) is 46.5 Å². The first-order chi connectivity index (χ1) is 8.76. The molecule has 1 aliphatic carbocycles. The van der Waals surface area contributed by atoms with Crippen molar-refractivity contribution in [3.63, 3.8) is 0 Å². The van der Waals surface area contributed by atoms with E-state index in [0.717, 1.165) is 18.4 Å². The quantitative estimate of drug-likeness (QED) is 0.454. The summed E-state index contributed by atoms with van der Waals surface area (Å²) in [5, 5.41) is 9.11. The van der Waals surface area contributed by atoms with Gasteiger partial charge in [-0.25, -0.2) is 4.79 Å². The second kappa shape index (κ2) is 5.50. The summed E-state index contributed by atoms with van der Waals surface area (Å²) in [5.74, 6) is -0.491. The van der Waals surface area contributed by atoms with Gasteiger partial charge in [-0.15, -0.1) is 0 Å². The molecule has 0 fully saturated rings. The lowest BCUT2D eigenvalue weighted by Gasteiger charge is -2.19. The maximum Gasteiger partial charge on any atom is 0.348 e. The fraction of sp³-hybridized carbons (Fsp3) is 0.333. The third kappa shape index (κ3) is 2.43. The van der Waals surface area contributed by atoms with Crippen LogP contribution in [-0.4, -0.2) is 12.6 Å². The predicted molar refractivity (Wildman–Crippen MR) is 67.7 cm³/mol. The molecule has 18 heavy (non-hydrogen) atoms. The Balaban J connectivity index is 2.30. The second-order valence-corrected chi connectivity index (χ2v) is 4.26. The third-order valence-electron chi connectivity index (χ3n) is 3.16. The van der Waals surface area contributed by atoms with Crippen molar-refractivity contribution < 1.29 is 9.53 Å². The summed E-state index contributed by atoms with van der Waals surface area (Å²) >= 11 is 0. The molecule has 0 N–H and O–H groups in total. The molecule has 0 radical (unpaired) electrons. The number of hydrogen-bond acceptors (Lipinski definition) is 3. The molecule has 0 unspecified atom stereocenters. The van der Waals surface area contributed by atoms with Crippen LogP contribution in [0.1, 0.15) is 24.5 Å². The number of carbonyl (C=O) groups is 1. The first kappa shape index (κ1) is 12.4. The number of ether oxygens (including phenoxy) is 1. The molecule has 0 spiro atoms. The minimum absolute atomic E-state index is 0.186. The molecule has 1 aliphatic rings. The van der Waals surface area contributed by atoms with Gasteiger partial charge in [0.25, 0.3) is 0 Å². The zero-order valence-corrected chi connectivity index (χ0v) is 10.4. The van der Waals surface area contributed by atoms with Crippen molar-refractivity contribution in [2.75, 3.05) is 6.61 Å². The highest BCUT2D eigenvalue weighted by Gasteiger charge is 2.20. The summed E-state index contributed by atoms with van der Waals surface area (Å²) < 4.78 is 4.92. The average molecular weight is 241 g/mol. The summed E-state index contributed by atoms with van der Waals surface area (Å²) in [6, 6.07) is 10.1. The number of benzene rings is 1. The number of nitrogens with zero attached hydrogens (tertiary/aromatic N) is 1. The van der Waals surface area contributed by atoms with E-state index in [4.69, 9.17) is 10.00 Å². The molecule has 2 rings (SSSR count). The summed E-state index contributed by atoms with van der Waals surface area (Å²) in [6.45, 7) is 2.04. The Labute approximate surface area is 107 Å². The highest BCUT2D eigenvalue weighted by atomic mass is 16.5. The van der Waals surface area contributed by atoms with Crippen LogP contribution in [0, 0.1) is 11.3 Å². The smallest absolute Gasteiger partial charge is 0.348 e. The van der Waals surface area contributed by atoms with Crippen molar-refractivity contribution in [1.29, 1.82) is 5.26 Å². The highest BCUT2D eigenvalue weighted by Crippen LogP contribution is 2.27. The predicted octanol–water partition coefficient (Wildman–Crippen LogP) is 2.56. The molecule has 0 heterocycles. The van der Waals surface area contributed by atoms with Gasteiger partial charge >= 0.3 is 5.97 Å². The Morgan fingerprint density at radius 1 is 1.33 bits per heavy atom. The van der Waals surface area contributed by atoms with Crippen LogP contribution in [0.15, 0.2) is 35.4 Å². The minimum atomic E-state index is -0.491. The van der Waals surface area contributed by atoms with Crippen LogP contribution in [0.5, 0.6) is 0 Å². The van der Waals surface area contributed by atoms with Crippen LogP contribution >= 0.6 is 0 Å². The van der Waals surface area contributed by atoms with Gasteiger partial charge in [-0.2, -0.15) is 5.26 Å². The zero-order valence-electron chi connectivity index (χ0n) is 10.4. The van der Waals surface area contributed by atoms with Crippen LogP contribution in [0.3, 0.4) is 0 Å². The molecule has 3 heteroatoms. The third-order valence-corrected chi connectivity index (χ3v) is 3.16. The van der Waals surface area contributed by atoms with Gasteiger partial charge in [0.05, 0.1) is 6.61 Å². The van der Waals surface area contributed by atoms with Crippen LogP contribution in [-0.2, 0) is 22.4 Å². The monoisotopic (exact) mass is 241 g/mol. The number of rotatable bonds is 2. The standard InChI is InChI=1S/C15H15NO2/c1-2-18-15(17)14(10-16)13-8-7-11-5-3-4-6-12(11)9-13/h3-6H,2,7-9H2,1H3/b14-13-. The molecule has 3 nitrogen and oxygen atoms in total. The highest BCUT2D eigenvalue weighted by molar-refractivity contribution is 5.93. The van der Waals surface area contributed by atoms with Crippen molar-refractivity contribution in [3.8, 4) is 6.07 Å². The fourth-order valence-electron chi connectivity index (χ4n) is 2.26. The molecular formula is C15H15NO2. The largest absolute Gasteiger partial charge is 0.462 e. The van der Waals surface area contributed by atoms with Crippen molar-refractivity contribution in [2.45, 2.75) is 26.2 Å². The van der Waals surface area contributed by atoms with E-state index in [-0.39, 0.29) is 5.57 Å². The lowest BCUT2D eigenvalue weighted by molar-refractivity contribution is -0.138. The summed E-state index contributed by atoms with van der Waals surface area (Å²) in [5.41, 5.74) is 3.60. The number of hydrogen-bond donors (Lipinski definition) is 0. The molecule has 1 aromatic carbocycles. The first-order valence-electron chi connectivity index (χ1n) is 6.12. The second-order valence-electron chi connectivity index (χ2n) is 4.26. The van der Waals surface area contributed by atoms with E-state index in [1.54, 1.807) is 6.92 Å². The van der Waals surface area contributed by atoms with Crippen molar-refractivity contribution in [2.24, 2.45) is 0 Å². The van der Waals surface area contributed by atoms with Gasteiger partial charge in [0, 0.05) is 0 Å². The molecule has 0 aromatic heterocycles. The van der Waals surface area contributed by atoms with E-state index in [1.165, 1.54) is 11.1 Å². The molecule has 0 bridgehead atoms. The Kier molecular flexibility index (Phi) is 3.78. The number of aryl methyl sites for hydroxylation is 1. The molecule has 0 aliphatic heterocycles. The van der Waals surface area contributed by atoms with E-state index in [1.807, 2.05) is 18.2 Å². The number of nitriles is 1. The molecule has 92 valence electrons. The van der Waals surface area contributed by atoms with E-state index in [0.29, 0.717) is 13.0 Å². The van der Waals surface area contributed by atoms with E-state index in [2.05, 4.69) is 12.1 Å². The summed E-state index contributed by atoms with van der Waals surface area (Å²) in [7, 11) is 0. The van der Waals surface area contributed by atoms with Crippen LogP contribution in [0.4, 0.5) is 0 Å². The maximum absolute atomic E-state index is 11.7. The van der Waals surface area contributed by atoms with Crippen LogP contribution in [0.2, 0.25) is 0 Å². The van der Waals surface area contributed by atoms with E-state index in [9.17, 15) is 4.79 Å². The minimum Gasteiger partial charge on any atom is -0.462 e. The summed E-state index contributed by atoms with van der Waals surface area (Å²) in [4.78, 5) is 11.7. The maximum atomic E-state index is 11.7. The molecule has 0 saturated heterocycles. The number of carbonyl (C=O) groups excluding carboxylic acids is 1. The molecule has 1 aromatic rings.